The average Bonchev–Trinajstić information content (AvgIpc) is 3.61. The minimum absolute atomic E-state index is 0.0439. The van der Waals surface area contributed by atoms with Crippen molar-refractivity contribution in [2.24, 2.45) is 11.8 Å². The second-order valence-electron chi connectivity index (χ2n) is 14.5. The number of benzene rings is 2. The highest BCUT2D eigenvalue weighted by Gasteiger charge is 2.51. The van der Waals surface area contributed by atoms with Gasteiger partial charge in [-0.2, -0.15) is 10.4 Å². The van der Waals surface area contributed by atoms with E-state index in [2.05, 4.69) is 27.1 Å². The molecule has 51 heavy (non-hydrogen) atoms. The Morgan fingerprint density at radius 1 is 1.16 bits per heavy atom. The molecule has 3 aromatic heterocycles. The van der Waals surface area contributed by atoms with E-state index in [0.717, 1.165) is 42.4 Å². The summed E-state index contributed by atoms with van der Waals surface area (Å²) in [6.07, 6.45) is 2.54. The van der Waals surface area contributed by atoms with Gasteiger partial charge in [0.25, 0.3) is 6.43 Å². The first kappa shape index (κ1) is 32.8. The summed E-state index contributed by atoms with van der Waals surface area (Å²) in [5.41, 5.74) is 3.68. The third-order valence-corrected chi connectivity index (χ3v) is 12.3. The molecule has 1 N–H and O–H groups in total. The average molecular weight is 733 g/mol. The number of nitrogens with zero attached hydrogens (tertiary/aromatic N) is 6. The minimum atomic E-state index is -2.69. The maximum Gasteiger partial charge on any atom is 0.282 e. The summed E-state index contributed by atoms with van der Waals surface area (Å²) in [4.78, 5) is 20.7. The number of hydrogen-bond donors (Lipinski definition) is 1. The number of fused-ring (bicyclic) bond motifs is 4. The molecule has 10 rings (SSSR count). The van der Waals surface area contributed by atoms with Crippen LogP contribution in [-0.4, -0.2) is 49.3 Å². The van der Waals surface area contributed by atoms with Crippen LogP contribution in [0.1, 0.15) is 79.3 Å². The smallest absolute Gasteiger partial charge is 0.282 e. The van der Waals surface area contributed by atoms with Crippen molar-refractivity contribution in [3.8, 4) is 17.2 Å². The predicted molar refractivity (Wildman–Crippen MR) is 188 cm³/mol. The van der Waals surface area contributed by atoms with Gasteiger partial charge in [-0.15, -0.1) is 0 Å². The molecule has 1 amide bonds. The Labute approximate surface area is 302 Å². The van der Waals surface area contributed by atoms with E-state index in [1.54, 1.807) is 29.1 Å². The summed E-state index contributed by atoms with van der Waals surface area (Å²) in [6.45, 7) is 3.09. The molecule has 5 unspecified atom stereocenters. The summed E-state index contributed by atoms with van der Waals surface area (Å²) < 4.78 is 48.2. The molecule has 5 fully saturated rings. The number of nitriles is 1. The van der Waals surface area contributed by atoms with E-state index >= 15 is 4.39 Å². The van der Waals surface area contributed by atoms with Crippen LogP contribution in [0.2, 0.25) is 10.0 Å². The number of alkyl halides is 2. The van der Waals surface area contributed by atoms with Gasteiger partial charge in [0.15, 0.2) is 5.82 Å². The van der Waals surface area contributed by atoms with Gasteiger partial charge in [-0.1, -0.05) is 35.3 Å². The van der Waals surface area contributed by atoms with Gasteiger partial charge in [0.2, 0.25) is 5.91 Å². The van der Waals surface area contributed by atoms with Crippen LogP contribution in [0.5, 0.6) is 0 Å². The third kappa shape index (κ3) is 5.16. The van der Waals surface area contributed by atoms with E-state index in [9.17, 15) is 18.8 Å². The van der Waals surface area contributed by atoms with Crippen LogP contribution < -0.4 is 5.32 Å². The van der Waals surface area contributed by atoms with E-state index in [-0.39, 0.29) is 64.2 Å². The van der Waals surface area contributed by atoms with Crippen molar-refractivity contribution in [3.63, 3.8) is 0 Å². The highest BCUT2D eigenvalue weighted by atomic mass is 35.5. The fourth-order valence-electron chi connectivity index (χ4n) is 8.87. The summed E-state index contributed by atoms with van der Waals surface area (Å²) in [6, 6.07) is 12.3. The Morgan fingerprint density at radius 2 is 1.98 bits per heavy atom. The van der Waals surface area contributed by atoms with Gasteiger partial charge in [0.1, 0.15) is 11.2 Å². The third-order valence-electron chi connectivity index (χ3n) is 11.5. The van der Waals surface area contributed by atoms with Crippen molar-refractivity contribution >= 4 is 50.9 Å². The van der Waals surface area contributed by atoms with E-state index in [1.807, 2.05) is 17.9 Å². The number of aryl methyl sites for hydroxylation is 2. The normalized spacial score (nSPS) is 24.2. The number of carbonyl (C=O) groups is 1. The number of rotatable bonds is 8. The number of aromatic nitrogens is 4. The molecule has 13 heteroatoms. The molecule has 3 aliphatic heterocycles. The lowest BCUT2D eigenvalue weighted by atomic mass is 9.79. The Morgan fingerprint density at radius 3 is 2.67 bits per heavy atom. The zero-order valence-corrected chi connectivity index (χ0v) is 29.2. The lowest BCUT2D eigenvalue weighted by Gasteiger charge is -2.39. The van der Waals surface area contributed by atoms with Gasteiger partial charge < -0.3 is 14.8 Å². The van der Waals surface area contributed by atoms with Gasteiger partial charge in [0.05, 0.1) is 39.8 Å². The van der Waals surface area contributed by atoms with Crippen molar-refractivity contribution in [1.82, 2.24) is 29.5 Å². The molecule has 8 nitrogen and oxygen atoms in total. The SMILES string of the molecule is Cc1nc2c(F)c(-c3cccc(Cl)c3Cl)c(CCC#N)cc2c2c1cc(C1CC(n3ccc(C(F)F)n3)CN1C(=O)C1CC1)n2C1C2CNC1C2. The molecule has 0 spiro atoms. The predicted octanol–water partition coefficient (Wildman–Crippen LogP) is 8.66. The first-order valence-electron chi connectivity index (χ1n) is 17.5. The van der Waals surface area contributed by atoms with Gasteiger partial charge in [-0.25, -0.2) is 18.2 Å². The second-order valence-corrected chi connectivity index (χ2v) is 15.3. The molecule has 5 aliphatic rings. The molecule has 5 atom stereocenters. The maximum absolute atomic E-state index is 17.1. The molecule has 0 radical (unpaired) electrons. The Balaban J connectivity index is 1.28. The van der Waals surface area contributed by atoms with Crippen LogP contribution in [0.4, 0.5) is 13.2 Å². The van der Waals surface area contributed by atoms with E-state index in [0.29, 0.717) is 52.5 Å². The number of carbonyl (C=O) groups excluding carboxylic acids is 1. The standard InChI is InChI=1S/C38H34Cl2F3N7O/c1-18-24-15-30(29-14-22(17-48(29)38(51)19-7-8-19)49-11-9-27(47-49)37(42)43)50(35-21-13-28(35)45-16-21)36(24)25-12-20(4-3-10-44)31(33(41)34(25)46-18)23-5-2-6-26(39)32(23)40/h2,5-6,9,11-12,15,19,21-22,28-29,35,37,45H,3-4,7-8,13-14,16-17H2,1H3. The van der Waals surface area contributed by atoms with Crippen LogP contribution in [0.25, 0.3) is 32.9 Å². The van der Waals surface area contributed by atoms with Crippen molar-refractivity contribution in [3.05, 3.63) is 81.1 Å². The van der Waals surface area contributed by atoms with Crippen molar-refractivity contribution < 1.29 is 18.0 Å². The van der Waals surface area contributed by atoms with Crippen molar-refractivity contribution in [1.29, 1.82) is 5.26 Å². The van der Waals surface area contributed by atoms with Crippen LogP contribution in [-0.2, 0) is 11.2 Å². The molecule has 5 aromatic rings. The van der Waals surface area contributed by atoms with Gasteiger partial charge in [-0.05, 0) is 74.8 Å². The molecule has 6 heterocycles. The van der Waals surface area contributed by atoms with Gasteiger partial charge in [0, 0.05) is 71.0 Å². The molecule has 3 saturated heterocycles. The minimum Gasteiger partial charge on any atom is -0.337 e. The van der Waals surface area contributed by atoms with E-state index < -0.39 is 12.2 Å². The number of nitrogens with one attached hydrogen (secondary N) is 1. The lowest BCUT2D eigenvalue weighted by molar-refractivity contribution is -0.133. The molecule has 2 aromatic carbocycles. The number of halogens is 5. The quantitative estimate of drug-likeness (QED) is 0.173. The monoisotopic (exact) mass is 731 g/mol. The number of likely N-dealkylation sites (tertiary alicyclic amines) is 1. The maximum atomic E-state index is 17.1. The summed E-state index contributed by atoms with van der Waals surface area (Å²) in [7, 11) is 0. The largest absolute Gasteiger partial charge is 0.337 e. The first-order chi connectivity index (χ1) is 24.6. The van der Waals surface area contributed by atoms with Gasteiger partial charge >= 0.3 is 0 Å². The lowest BCUT2D eigenvalue weighted by Crippen LogP contribution is -2.41. The Kier molecular flexibility index (Phi) is 7.87. The Hall–Kier alpha value is -4.11. The molecule has 262 valence electrons. The topological polar surface area (TPSA) is 91.8 Å². The summed E-state index contributed by atoms with van der Waals surface area (Å²) >= 11 is 13.1. The first-order valence-corrected chi connectivity index (χ1v) is 18.2. The van der Waals surface area contributed by atoms with Crippen molar-refractivity contribution in [2.45, 2.75) is 76.0 Å². The van der Waals surface area contributed by atoms with Crippen LogP contribution in [0, 0.1) is 35.9 Å². The highest BCUT2D eigenvalue weighted by molar-refractivity contribution is 6.43. The van der Waals surface area contributed by atoms with E-state index in [4.69, 9.17) is 28.2 Å². The summed E-state index contributed by atoms with van der Waals surface area (Å²) in [5, 5.41) is 19.4. The van der Waals surface area contributed by atoms with Crippen molar-refractivity contribution in [2.75, 3.05) is 13.1 Å². The zero-order valence-electron chi connectivity index (χ0n) is 27.7. The molecule has 2 saturated carbocycles. The molecule has 2 aliphatic carbocycles. The number of pyridine rings is 1. The summed E-state index contributed by atoms with van der Waals surface area (Å²) in [5.74, 6) is -0.149. The molecular formula is C38H34Cl2F3N7O. The number of amides is 1. The zero-order chi connectivity index (χ0) is 35.3. The highest BCUT2D eigenvalue weighted by Crippen LogP contribution is 2.52. The van der Waals surface area contributed by atoms with E-state index in [1.165, 1.54) is 6.07 Å². The fraction of sp³-hybridized carbons (Fsp3) is 0.421. The van der Waals surface area contributed by atoms with Crippen LogP contribution in [0.15, 0.2) is 42.6 Å². The Bertz CT molecular complexity index is 2280. The second kappa shape index (κ2) is 12.2. The number of hydrogen-bond acceptors (Lipinski definition) is 5. The fourth-order valence-corrected chi connectivity index (χ4v) is 9.26. The van der Waals surface area contributed by atoms with Crippen LogP contribution in [0.3, 0.4) is 0 Å². The van der Waals surface area contributed by atoms with Gasteiger partial charge in [-0.3, -0.25) is 9.48 Å². The molecule has 2 bridgehead atoms. The van der Waals surface area contributed by atoms with Crippen LogP contribution >= 0.6 is 23.2 Å². The molecular weight excluding hydrogens is 698 g/mol.